The topological polar surface area (TPSA) is 44.7 Å². The fourth-order valence-electron chi connectivity index (χ4n) is 2.22. The average molecular weight is 323 g/mol. The van der Waals surface area contributed by atoms with Crippen LogP contribution in [0.2, 0.25) is 0 Å². The van der Waals surface area contributed by atoms with Gasteiger partial charge in [-0.15, -0.1) is 0 Å². The van der Waals surface area contributed by atoms with Crippen LogP contribution >= 0.6 is 0 Å². The smallest absolute Gasteiger partial charge is 0.222 e. The molecule has 0 aromatic heterocycles. The summed E-state index contributed by atoms with van der Waals surface area (Å²) in [4.78, 5) is 13.5. The summed E-state index contributed by atoms with van der Waals surface area (Å²) in [5.41, 5.74) is 8.36. The van der Waals surface area contributed by atoms with Gasteiger partial charge in [0.05, 0.1) is 11.4 Å². The Morgan fingerprint density at radius 3 is 2.00 bits per heavy atom. The summed E-state index contributed by atoms with van der Waals surface area (Å²) >= 11 is 0. The van der Waals surface area contributed by atoms with Crippen LogP contribution in [-0.2, 0) is 4.79 Å². The molecule has 0 saturated heterocycles. The van der Waals surface area contributed by atoms with Crippen LogP contribution in [0.1, 0.15) is 29.5 Å². The molecule has 4 heteroatoms. The van der Waals surface area contributed by atoms with Gasteiger partial charge in [-0.3, -0.25) is 10.2 Å². The zero-order chi connectivity index (χ0) is 17.5. The second kappa shape index (κ2) is 8.29. The number of nitrogens with one attached hydrogen (secondary N) is 1. The molecule has 0 atom stereocenters. The van der Waals surface area contributed by atoms with Crippen LogP contribution in [0.5, 0.6) is 0 Å². The lowest BCUT2D eigenvalue weighted by Gasteiger charge is -2.12. The van der Waals surface area contributed by atoms with E-state index < -0.39 is 0 Å². The molecular weight excluding hydrogens is 298 g/mol. The fourth-order valence-corrected chi connectivity index (χ4v) is 2.22. The van der Waals surface area contributed by atoms with Crippen molar-refractivity contribution in [1.82, 2.24) is 4.90 Å². The SMILES string of the molecule is Cc1ccc(N/N=C(/CCC(=O)N(C)C)c2ccc(C)cc2)cc1. The molecule has 0 aliphatic carbocycles. The van der Waals surface area contributed by atoms with Crippen LogP contribution in [0.4, 0.5) is 5.69 Å². The van der Waals surface area contributed by atoms with E-state index in [-0.39, 0.29) is 5.91 Å². The van der Waals surface area contributed by atoms with Crippen LogP contribution < -0.4 is 5.43 Å². The van der Waals surface area contributed by atoms with Gasteiger partial charge < -0.3 is 4.90 Å². The van der Waals surface area contributed by atoms with Crippen LogP contribution in [0, 0.1) is 13.8 Å². The zero-order valence-electron chi connectivity index (χ0n) is 14.8. The summed E-state index contributed by atoms with van der Waals surface area (Å²) in [6.45, 7) is 4.11. The first-order chi connectivity index (χ1) is 11.5. The molecule has 4 nitrogen and oxygen atoms in total. The van der Waals surface area contributed by atoms with E-state index in [2.05, 4.69) is 36.5 Å². The van der Waals surface area contributed by atoms with Gasteiger partial charge in [-0.05, 0) is 31.5 Å². The lowest BCUT2D eigenvalue weighted by atomic mass is 10.0. The van der Waals surface area contributed by atoms with E-state index in [1.807, 2.05) is 36.4 Å². The summed E-state index contributed by atoms with van der Waals surface area (Å²) < 4.78 is 0. The Balaban J connectivity index is 2.17. The molecule has 2 rings (SSSR count). The molecule has 0 heterocycles. The van der Waals surface area contributed by atoms with Gasteiger partial charge in [-0.25, -0.2) is 0 Å². The fraction of sp³-hybridized carbons (Fsp3) is 0.300. The van der Waals surface area contributed by atoms with E-state index in [4.69, 9.17) is 0 Å². The van der Waals surface area contributed by atoms with Crippen LogP contribution in [0.3, 0.4) is 0 Å². The van der Waals surface area contributed by atoms with Gasteiger partial charge >= 0.3 is 0 Å². The van der Waals surface area contributed by atoms with Crippen molar-refractivity contribution in [3.05, 3.63) is 65.2 Å². The van der Waals surface area contributed by atoms with E-state index in [9.17, 15) is 4.79 Å². The highest BCUT2D eigenvalue weighted by molar-refractivity contribution is 6.02. The molecule has 0 radical (unpaired) electrons. The Kier molecular flexibility index (Phi) is 6.13. The maximum Gasteiger partial charge on any atom is 0.222 e. The second-order valence-corrected chi connectivity index (χ2v) is 6.19. The number of hydrogen-bond acceptors (Lipinski definition) is 3. The highest BCUT2D eigenvalue weighted by Gasteiger charge is 2.09. The Morgan fingerprint density at radius 1 is 0.917 bits per heavy atom. The first-order valence-corrected chi connectivity index (χ1v) is 8.12. The Bertz CT molecular complexity index is 701. The zero-order valence-corrected chi connectivity index (χ0v) is 14.8. The van der Waals surface area contributed by atoms with Gasteiger partial charge in [-0.2, -0.15) is 5.10 Å². The lowest BCUT2D eigenvalue weighted by Crippen LogP contribution is -2.22. The molecule has 0 saturated carbocycles. The molecular formula is C20H25N3O. The number of rotatable bonds is 6. The first kappa shape index (κ1) is 17.7. The van der Waals surface area contributed by atoms with E-state index in [0.717, 1.165) is 17.0 Å². The minimum absolute atomic E-state index is 0.102. The molecule has 0 aliphatic heterocycles. The van der Waals surface area contributed by atoms with Crippen molar-refractivity contribution < 1.29 is 4.79 Å². The number of anilines is 1. The van der Waals surface area contributed by atoms with Crippen molar-refractivity contribution in [1.29, 1.82) is 0 Å². The predicted molar refractivity (Wildman–Crippen MR) is 100 cm³/mol. The van der Waals surface area contributed by atoms with Gasteiger partial charge in [0.15, 0.2) is 0 Å². The molecule has 1 N–H and O–H groups in total. The van der Waals surface area contributed by atoms with Crippen LogP contribution in [0.15, 0.2) is 53.6 Å². The number of aryl methyl sites for hydroxylation is 2. The quantitative estimate of drug-likeness (QED) is 0.645. The lowest BCUT2D eigenvalue weighted by molar-refractivity contribution is -0.128. The molecule has 2 aromatic rings. The van der Waals surface area contributed by atoms with Crippen LogP contribution in [0.25, 0.3) is 0 Å². The van der Waals surface area contributed by atoms with Crippen molar-refractivity contribution in [3.8, 4) is 0 Å². The average Bonchev–Trinajstić information content (AvgIpc) is 2.57. The number of carbonyl (C=O) groups excluding carboxylic acids is 1. The normalized spacial score (nSPS) is 11.2. The molecule has 0 aliphatic rings. The number of nitrogens with zero attached hydrogens (tertiary/aromatic N) is 2. The van der Waals surface area contributed by atoms with Gasteiger partial charge in [0.2, 0.25) is 5.91 Å². The number of benzene rings is 2. The maximum absolute atomic E-state index is 11.9. The van der Waals surface area contributed by atoms with E-state index >= 15 is 0 Å². The maximum atomic E-state index is 11.9. The third-order valence-corrected chi connectivity index (χ3v) is 3.83. The monoisotopic (exact) mass is 323 g/mol. The highest BCUT2D eigenvalue weighted by atomic mass is 16.2. The van der Waals surface area contributed by atoms with Gasteiger partial charge in [0.1, 0.15) is 0 Å². The molecule has 0 bridgehead atoms. The third kappa shape index (κ3) is 5.23. The van der Waals surface area contributed by atoms with Crippen molar-refractivity contribution in [2.45, 2.75) is 26.7 Å². The Morgan fingerprint density at radius 2 is 1.46 bits per heavy atom. The van der Waals surface area contributed by atoms with E-state index in [1.165, 1.54) is 11.1 Å². The van der Waals surface area contributed by atoms with Gasteiger partial charge in [0, 0.05) is 26.9 Å². The summed E-state index contributed by atoms with van der Waals surface area (Å²) in [5.74, 6) is 0.102. The summed E-state index contributed by atoms with van der Waals surface area (Å²) in [6, 6.07) is 16.3. The van der Waals surface area contributed by atoms with Crippen molar-refractivity contribution >= 4 is 17.3 Å². The molecule has 1 amide bonds. The van der Waals surface area contributed by atoms with Gasteiger partial charge in [-0.1, -0.05) is 47.5 Å². The first-order valence-electron chi connectivity index (χ1n) is 8.12. The standard InChI is InChI=1S/C20H25N3O/c1-15-5-9-17(10-6-15)19(13-14-20(24)23(3)4)22-21-18-11-7-16(2)8-12-18/h5-12,21H,13-14H2,1-4H3/b22-19-. The number of amides is 1. The highest BCUT2D eigenvalue weighted by Crippen LogP contribution is 2.13. The second-order valence-electron chi connectivity index (χ2n) is 6.19. The number of hydrazone groups is 1. The van der Waals surface area contributed by atoms with Crippen LogP contribution in [-0.4, -0.2) is 30.6 Å². The molecule has 0 fully saturated rings. The number of hydrogen-bond donors (Lipinski definition) is 1. The van der Waals surface area contributed by atoms with Crippen molar-refractivity contribution in [3.63, 3.8) is 0 Å². The Hall–Kier alpha value is -2.62. The van der Waals surface area contributed by atoms with E-state index in [1.54, 1.807) is 19.0 Å². The summed E-state index contributed by atoms with van der Waals surface area (Å²) in [7, 11) is 3.55. The number of carbonyl (C=O) groups is 1. The van der Waals surface area contributed by atoms with Crippen molar-refractivity contribution in [2.75, 3.05) is 19.5 Å². The summed E-state index contributed by atoms with van der Waals surface area (Å²) in [5, 5.41) is 4.55. The van der Waals surface area contributed by atoms with Crippen molar-refractivity contribution in [2.24, 2.45) is 5.10 Å². The summed E-state index contributed by atoms with van der Waals surface area (Å²) in [6.07, 6.45) is 1.04. The molecule has 0 unspecified atom stereocenters. The third-order valence-electron chi connectivity index (χ3n) is 3.83. The largest absolute Gasteiger partial charge is 0.349 e. The predicted octanol–water partition coefficient (Wildman–Crippen LogP) is 3.99. The minimum Gasteiger partial charge on any atom is -0.349 e. The Labute approximate surface area is 144 Å². The van der Waals surface area contributed by atoms with Gasteiger partial charge in [0.25, 0.3) is 0 Å². The molecule has 0 spiro atoms. The molecule has 126 valence electrons. The minimum atomic E-state index is 0.102. The molecule has 24 heavy (non-hydrogen) atoms. The van der Waals surface area contributed by atoms with E-state index in [0.29, 0.717) is 12.8 Å². The molecule has 2 aromatic carbocycles.